The van der Waals surface area contributed by atoms with E-state index in [1.807, 2.05) is 60.7 Å². The summed E-state index contributed by atoms with van der Waals surface area (Å²) >= 11 is 0. The highest BCUT2D eigenvalue weighted by Gasteiger charge is 2.22. The summed E-state index contributed by atoms with van der Waals surface area (Å²) in [5.41, 5.74) is 13.1. The van der Waals surface area contributed by atoms with Gasteiger partial charge in [0.1, 0.15) is 5.82 Å². The van der Waals surface area contributed by atoms with Gasteiger partial charge >= 0.3 is 0 Å². The molecule has 0 saturated carbocycles. The van der Waals surface area contributed by atoms with Crippen molar-refractivity contribution in [2.24, 2.45) is 4.99 Å². The van der Waals surface area contributed by atoms with Crippen molar-refractivity contribution in [1.29, 1.82) is 0 Å². The van der Waals surface area contributed by atoms with Crippen molar-refractivity contribution in [2.45, 2.75) is 45.6 Å². The molecule has 0 N–H and O–H groups in total. The third kappa shape index (κ3) is 6.51. The minimum Gasteiger partial charge on any atom is -0.285 e. The van der Waals surface area contributed by atoms with Gasteiger partial charge in [0, 0.05) is 45.2 Å². The van der Waals surface area contributed by atoms with Crippen LogP contribution >= 0.6 is 0 Å². The van der Waals surface area contributed by atoms with E-state index >= 15 is 0 Å². The van der Waals surface area contributed by atoms with Crippen LogP contribution in [-0.4, -0.2) is 25.6 Å². The van der Waals surface area contributed by atoms with Gasteiger partial charge < -0.3 is 0 Å². The Balaban J connectivity index is 1.17. The number of hydrogen-bond donors (Lipinski definition) is 0. The molecule has 51 heavy (non-hydrogen) atoms. The summed E-state index contributed by atoms with van der Waals surface area (Å²) in [6.07, 6.45) is 11.6. The quantitative estimate of drug-likeness (QED) is 0.160. The first-order valence-electron chi connectivity index (χ1n) is 17.6. The van der Waals surface area contributed by atoms with Crippen LogP contribution in [0.25, 0.3) is 56.6 Å². The molecule has 0 amide bonds. The van der Waals surface area contributed by atoms with Crippen molar-refractivity contribution >= 4 is 28.3 Å². The molecule has 5 nitrogen and oxygen atoms in total. The Morgan fingerprint density at radius 3 is 2.14 bits per heavy atom. The molecule has 0 fully saturated rings. The maximum atomic E-state index is 5.36. The summed E-state index contributed by atoms with van der Waals surface area (Å²) in [6, 6.07) is 35.7. The number of hydrogen-bond acceptors (Lipinski definition) is 5. The molecule has 248 valence electrons. The van der Waals surface area contributed by atoms with Crippen LogP contribution in [0.3, 0.4) is 0 Å². The standard InChI is InChI=1S/C46H39N5/c1-29(2)31(4)40-27-42(48-43-39(40)24-23-32-22-21-30(3)47-28-41(32)43)37-19-11-17-35(25-37)36-18-12-20-38(26-36)46-50-44(33-13-7-5-8-14-33)49-45(51-46)34-15-9-6-10-16-34/h5-25,27,31,38H,1,26,28H2,2-4H3. The Hall–Kier alpha value is -6.07. The van der Waals surface area contributed by atoms with E-state index in [2.05, 4.69) is 100 Å². The van der Waals surface area contributed by atoms with Gasteiger partial charge in [-0.1, -0.05) is 134 Å². The molecule has 0 bridgehead atoms. The van der Waals surface area contributed by atoms with E-state index < -0.39 is 0 Å². The molecule has 1 aliphatic carbocycles. The van der Waals surface area contributed by atoms with E-state index in [9.17, 15) is 0 Å². The number of allylic oxidation sites excluding steroid dienone is 6. The predicted molar refractivity (Wildman–Crippen MR) is 211 cm³/mol. The SMILES string of the molecule is C=C(C)C(C)c1cc(-c2cccc(C3=CC=CC(c4nc(-c5ccccc5)nc(-c5ccccc5)n4)C3)c2)nc2c3c(ccc12)C=CC(C)=NC3. The highest BCUT2D eigenvalue weighted by Crippen LogP contribution is 2.38. The number of aliphatic imine (C=N–C) groups is 1. The maximum absolute atomic E-state index is 5.36. The van der Waals surface area contributed by atoms with Gasteiger partial charge in [-0.05, 0) is 60.7 Å². The van der Waals surface area contributed by atoms with E-state index in [1.165, 1.54) is 22.3 Å². The number of nitrogens with zero attached hydrogens (tertiary/aromatic N) is 5. The zero-order chi connectivity index (χ0) is 34.9. The van der Waals surface area contributed by atoms with Crippen molar-refractivity contribution in [3.05, 3.63) is 168 Å². The monoisotopic (exact) mass is 661 g/mol. The van der Waals surface area contributed by atoms with Crippen LogP contribution in [0.5, 0.6) is 0 Å². The average Bonchev–Trinajstić information content (AvgIpc) is 3.39. The molecule has 4 aromatic carbocycles. The first kappa shape index (κ1) is 32.2. The lowest BCUT2D eigenvalue weighted by Crippen LogP contribution is -2.09. The smallest absolute Gasteiger partial charge is 0.163 e. The van der Waals surface area contributed by atoms with Crippen LogP contribution in [0.1, 0.15) is 67.1 Å². The van der Waals surface area contributed by atoms with Crippen LogP contribution in [-0.2, 0) is 6.54 Å². The average molecular weight is 662 g/mol. The van der Waals surface area contributed by atoms with Crippen molar-refractivity contribution in [3.8, 4) is 34.0 Å². The Morgan fingerprint density at radius 2 is 1.43 bits per heavy atom. The summed E-state index contributed by atoms with van der Waals surface area (Å²) in [4.78, 5) is 25.1. The van der Waals surface area contributed by atoms with Crippen LogP contribution in [0, 0.1) is 0 Å². The second-order valence-electron chi connectivity index (χ2n) is 13.5. The lowest BCUT2D eigenvalue weighted by Gasteiger charge is -2.20. The first-order valence-corrected chi connectivity index (χ1v) is 17.6. The Morgan fingerprint density at radius 1 is 0.745 bits per heavy atom. The van der Waals surface area contributed by atoms with Gasteiger partial charge in [0.25, 0.3) is 0 Å². The fourth-order valence-corrected chi connectivity index (χ4v) is 6.89. The zero-order valence-electron chi connectivity index (χ0n) is 29.2. The molecule has 5 heteroatoms. The molecule has 1 aliphatic heterocycles. The molecule has 2 unspecified atom stereocenters. The molecule has 0 spiro atoms. The van der Waals surface area contributed by atoms with Gasteiger partial charge in [-0.25, -0.2) is 19.9 Å². The van der Waals surface area contributed by atoms with Gasteiger partial charge in [-0.3, -0.25) is 4.99 Å². The van der Waals surface area contributed by atoms with Gasteiger partial charge in [0.15, 0.2) is 11.6 Å². The number of fused-ring (bicyclic) bond motifs is 3. The molecule has 6 aromatic rings. The fraction of sp³-hybridized carbons (Fsp3) is 0.152. The van der Waals surface area contributed by atoms with Crippen molar-refractivity contribution in [1.82, 2.24) is 19.9 Å². The normalized spacial score (nSPS) is 15.9. The van der Waals surface area contributed by atoms with Crippen LogP contribution < -0.4 is 0 Å². The van der Waals surface area contributed by atoms with Gasteiger partial charge in [0.2, 0.25) is 0 Å². The minimum absolute atomic E-state index is 0.00378. The minimum atomic E-state index is -0.00378. The summed E-state index contributed by atoms with van der Waals surface area (Å²) in [5, 5.41) is 1.16. The molecular weight excluding hydrogens is 623 g/mol. The molecule has 0 saturated heterocycles. The van der Waals surface area contributed by atoms with E-state index in [1.54, 1.807) is 0 Å². The third-order valence-corrected chi connectivity index (χ3v) is 10.0. The van der Waals surface area contributed by atoms with E-state index in [4.69, 9.17) is 24.9 Å². The second-order valence-corrected chi connectivity index (χ2v) is 13.5. The first-order chi connectivity index (χ1) is 24.9. The van der Waals surface area contributed by atoms with E-state index in [0.717, 1.165) is 62.4 Å². The van der Waals surface area contributed by atoms with E-state index in [0.29, 0.717) is 18.2 Å². The molecule has 0 radical (unpaired) electrons. The largest absolute Gasteiger partial charge is 0.285 e. The van der Waals surface area contributed by atoms with Crippen LogP contribution in [0.4, 0.5) is 0 Å². The van der Waals surface area contributed by atoms with Crippen LogP contribution in [0.15, 0.2) is 145 Å². The summed E-state index contributed by atoms with van der Waals surface area (Å²) in [5.74, 6) is 2.31. The molecule has 2 aliphatic rings. The van der Waals surface area contributed by atoms with Crippen molar-refractivity contribution < 1.29 is 0 Å². The molecule has 2 aromatic heterocycles. The van der Waals surface area contributed by atoms with Gasteiger partial charge in [0.05, 0.1) is 17.8 Å². The highest BCUT2D eigenvalue weighted by atomic mass is 15.0. The second kappa shape index (κ2) is 13.7. The molecule has 3 heterocycles. The lowest BCUT2D eigenvalue weighted by molar-refractivity contribution is 0.773. The zero-order valence-corrected chi connectivity index (χ0v) is 29.2. The lowest BCUT2D eigenvalue weighted by atomic mass is 9.87. The highest BCUT2D eigenvalue weighted by molar-refractivity contribution is 5.99. The summed E-state index contributed by atoms with van der Waals surface area (Å²) in [6.45, 7) is 11.3. The Bertz CT molecular complexity index is 2360. The maximum Gasteiger partial charge on any atom is 0.163 e. The topological polar surface area (TPSA) is 63.9 Å². The fourth-order valence-electron chi connectivity index (χ4n) is 6.89. The number of benzene rings is 4. The van der Waals surface area contributed by atoms with Crippen molar-refractivity contribution in [3.63, 3.8) is 0 Å². The number of pyridine rings is 1. The summed E-state index contributed by atoms with van der Waals surface area (Å²) in [7, 11) is 0. The van der Waals surface area contributed by atoms with Gasteiger partial charge in [-0.2, -0.15) is 0 Å². The number of rotatable bonds is 7. The van der Waals surface area contributed by atoms with Crippen molar-refractivity contribution in [2.75, 3.05) is 0 Å². The Kier molecular flexibility index (Phi) is 8.62. The molecule has 2 atom stereocenters. The number of aromatic nitrogens is 4. The Labute approximate surface area is 299 Å². The van der Waals surface area contributed by atoms with Gasteiger partial charge in [-0.15, -0.1) is 0 Å². The third-order valence-electron chi connectivity index (χ3n) is 10.0. The summed E-state index contributed by atoms with van der Waals surface area (Å²) < 4.78 is 0. The molecular formula is C46H39N5. The van der Waals surface area contributed by atoms with E-state index in [-0.39, 0.29) is 11.8 Å². The van der Waals surface area contributed by atoms with Crippen LogP contribution in [0.2, 0.25) is 0 Å². The molecule has 8 rings (SSSR count). The predicted octanol–water partition coefficient (Wildman–Crippen LogP) is 11.2.